The molecule has 5 nitrogen and oxygen atoms in total. The number of para-hydroxylation sites is 3. The standard InChI is InChI=1S/C23H28N4O/c1-2-17-9-3-6-12-19(17)26-23(28)27(18-10-4-5-11-18)16-15-22-24-20-13-7-8-14-21(20)25-22/h3,6-9,12-14,18H,2,4-5,10-11,15-16H2,1H3,(H,24,25)(H,26,28). The van der Waals surface area contributed by atoms with Gasteiger partial charge in [-0.1, -0.05) is 50.1 Å². The predicted molar refractivity (Wildman–Crippen MR) is 114 cm³/mol. The Morgan fingerprint density at radius 1 is 1.14 bits per heavy atom. The van der Waals surface area contributed by atoms with E-state index in [0.29, 0.717) is 12.6 Å². The highest BCUT2D eigenvalue weighted by Crippen LogP contribution is 2.25. The fraction of sp³-hybridized carbons (Fsp3) is 0.391. The van der Waals surface area contributed by atoms with Crippen LogP contribution in [0.2, 0.25) is 0 Å². The lowest BCUT2D eigenvalue weighted by atomic mass is 10.1. The van der Waals surface area contributed by atoms with Crippen molar-refractivity contribution in [2.75, 3.05) is 11.9 Å². The van der Waals surface area contributed by atoms with Crippen LogP contribution in [0.15, 0.2) is 48.5 Å². The molecule has 0 atom stereocenters. The van der Waals surface area contributed by atoms with Gasteiger partial charge in [-0.3, -0.25) is 0 Å². The van der Waals surface area contributed by atoms with Crippen molar-refractivity contribution >= 4 is 22.8 Å². The van der Waals surface area contributed by atoms with Gasteiger partial charge in [0.15, 0.2) is 0 Å². The van der Waals surface area contributed by atoms with Gasteiger partial charge in [0.25, 0.3) is 0 Å². The smallest absolute Gasteiger partial charge is 0.322 e. The molecule has 5 heteroatoms. The first-order valence-electron chi connectivity index (χ1n) is 10.3. The van der Waals surface area contributed by atoms with E-state index in [-0.39, 0.29) is 6.03 Å². The summed E-state index contributed by atoms with van der Waals surface area (Å²) < 4.78 is 0. The molecule has 1 aliphatic carbocycles. The molecule has 2 aromatic carbocycles. The zero-order chi connectivity index (χ0) is 19.3. The number of hydrogen-bond acceptors (Lipinski definition) is 2. The van der Waals surface area contributed by atoms with Gasteiger partial charge < -0.3 is 15.2 Å². The summed E-state index contributed by atoms with van der Waals surface area (Å²) in [6, 6.07) is 16.4. The van der Waals surface area contributed by atoms with Crippen LogP contribution >= 0.6 is 0 Å². The highest BCUT2D eigenvalue weighted by atomic mass is 16.2. The molecule has 4 rings (SSSR count). The molecule has 1 heterocycles. The van der Waals surface area contributed by atoms with Crippen molar-refractivity contribution in [1.82, 2.24) is 14.9 Å². The van der Waals surface area contributed by atoms with Gasteiger partial charge in [0.1, 0.15) is 5.82 Å². The van der Waals surface area contributed by atoms with E-state index >= 15 is 0 Å². The van der Waals surface area contributed by atoms with Crippen LogP contribution in [0.3, 0.4) is 0 Å². The predicted octanol–water partition coefficient (Wildman–Crippen LogP) is 5.14. The number of fused-ring (bicyclic) bond motifs is 1. The van der Waals surface area contributed by atoms with Crippen molar-refractivity contribution in [2.24, 2.45) is 0 Å². The van der Waals surface area contributed by atoms with Gasteiger partial charge >= 0.3 is 6.03 Å². The highest BCUT2D eigenvalue weighted by Gasteiger charge is 2.27. The molecule has 2 N–H and O–H groups in total. The van der Waals surface area contributed by atoms with Crippen LogP contribution in [0, 0.1) is 0 Å². The SMILES string of the molecule is CCc1ccccc1NC(=O)N(CCc1nc2ccccc2[nH]1)C1CCCC1. The van der Waals surface area contributed by atoms with Gasteiger partial charge in [0.05, 0.1) is 11.0 Å². The van der Waals surface area contributed by atoms with E-state index in [1.165, 1.54) is 18.4 Å². The first kappa shape index (κ1) is 18.5. The number of aromatic nitrogens is 2. The van der Waals surface area contributed by atoms with Crippen LogP contribution in [-0.4, -0.2) is 33.5 Å². The van der Waals surface area contributed by atoms with Gasteiger partial charge in [-0.05, 0) is 43.0 Å². The van der Waals surface area contributed by atoms with Crippen molar-refractivity contribution in [1.29, 1.82) is 0 Å². The van der Waals surface area contributed by atoms with E-state index in [2.05, 4.69) is 28.3 Å². The van der Waals surface area contributed by atoms with Crippen molar-refractivity contribution in [2.45, 2.75) is 51.5 Å². The Kier molecular flexibility index (Phi) is 5.60. The summed E-state index contributed by atoms with van der Waals surface area (Å²) in [6.07, 6.45) is 6.20. The molecule has 28 heavy (non-hydrogen) atoms. The Labute approximate surface area is 166 Å². The number of hydrogen-bond donors (Lipinski definition) is 2. The Morgan fingerprint density at radius 2 is 1.89 bits per heavy atom. The van der Waals surface area contributed by atoms with Crippen molar-refractivity contribution in [3.63, 3.8) is 0 Å². The number of imidazole rings is 1. The molecule has 0 aliphatic heterocycles. The molecule has 0 spiro atoms. The first-order chi connectivity index (χ1) is 13.7. The summed E-state index contributed by atoms with van der Waals surface area (Å²) in [7, 11) is 0. The number of anilines is 1. The molecule has 2 amide bonds. The van der Waals surface area contributed by atoms with Crippen LogP contribution in [0.4, 0.5) is 10.5 Å². The average molecular weight is 377 g/mol. The fourth-order valence-corrected chi connectivity index (χ4v) is 4.15. The number of rotatable bonds is 6. The second kappa shape index (κ2) is 8.46. The summed E-state index contributed by atoms with van der Waals surface area (Å²) in [5, 5.41) is 3.16. The second-order valence-electron chi connectivity index (χ2n) is 7.52. The van der Waals surface area contributed by atoms with Crippen LogP contribution in [0.5, 0.6) is 0 Å². The third-order valence-corrected chi connectivity index (χ3v) is 5.69. The maximum Gasteiger partial charge on any atom is 0.322 e. The number of carbonyl (C=O) groups excluding carboxylic acids is 1. The van der Waals surface area contributed by atoms with Gasteiger partial charge in [-0.15, -0.1) is 0 Å². The molecule has 0 bridgehead atoms. The van der Waals surface area contributed by atoms with Crippen LogP contribution in [0.25, 0.3) is 11.0 Å². The molecular formula is C23H28N4O. The quantitative estimate of drug-likeness (QED) is 0.625. The Balaban J connectivity index is 1.49. The fourth-order valence-electron chi connectivity index (χ4n) is 4.15. The van der Waals surface area contributed by atoms with E-state index in [0.717, 1.165) is 48.2 Å². The molecule has 1 aromatic heterocycles. The maximum atomic E-state index is 13.1. The minimum Gasteiger partial charge on any atom is -0.342 e. The Bertz CT molecular complexity index is 909. The molecule has 0 unspecified atom stereocenters. The molecule has 0 saturated heterocycles. The van der Waals surface area contributed by atoms with Crippen molar-refractivity contribution < 1.29 is 4.79 Å². The lowest BCUT2D eigenvalue weighted by Gasteiger charge is -2.29. The number of benzene rings is 2. The summed E-state index contributed by atoms with van der Waals surface area (Å²) in [5.74, 6) is 0.936. The third-order valence-electron chi connectivity index (χ3n) is 5.69. The van der Waals surface area contributed by atoms with E-state index in [1.807, 2.05) is 47.4 Å². The first-order valence-corrected chi connectivity index (χ1v) is 10.3. The lowest BCUT2D eigenvalue weighted by Crippen LogP contribution is -2.43. The zero-order valence-electron chi connectivity index (χ0n) is 16.4. The van der Waals surface area contributed by atoms with Crippen molar-refractivity contribution in [3.05, 3.63) is 59.9 Å². The Hall–Kier alpha value is -2.82. The van der Waals surface area contributed by atoms with E-state index in [1.54, 1.807) is 0 Å². The average Bonchev–Trinajstić information content (AvgIpc) is 3.38. The molecule has 3 aromatic rings. The molecule has 0 radical (unpaired) electrons. The Morgan fingerprint density at radius 3 is 2.68 bits per heavy atom. The van der Waals surface area contributed by atoms with E-state index in [4.69, 9.17) is 0 Å². The molecular weight excluding hydrogens is 348 g/mol. The summed E-state index contributed by atoms with van der Waals surface area (Å²) in [4.78, 5) is 23.2. The summed E-state index contributed by atoms with van der Waals surface area (Å²) in [6.45, 7) is 2.78. The van der Waals surface area contributed by atoms with Crippen molar-refractivity contribution in [3.8, 4) is 0 Å². The number of amides is 2. The van der Waals surface area contributed by atoms with Gasteiger partial charge in [0, 0.05) is 24.7 Å². The number of aryl methyl sites for hydroxylation is 1. The second-order valence-corrected chi connectivity index (χ2v) is 7.52. The number of aromatic amines is 1. The van der Waals surface area contributed by atoms with Crippen LogP contribution < -0.4 is 5.32 Å². The maximum absolute atomic E-state index is 13.1. The highest BCUT2D eigenvalue weighted by molar-refractivity contribution is 5.90. The molecule has 1 saturated carbocycles. The number of H-pyrrole nitrogens is 1. The zero-order valence-corrected chi connectivity index (χ0v) is 16.4. The minimum atomic E-state index is 0.00362. The number of carbonyl (C=O) groups is 1. The van der Waals surface area contributed by atoms with Gasteiger partial charge in [-0.25, -0.2) is 9.78 Å². The van der Waals surface area contributed by atoms with Crippen LogP contribution in [0.1, 0.15) is 44.0 Å². The lowest BCUT2D eigenvalue weighted by molar-refractivity contribution is 0.189. The molecule has 146 valence electrons. The van der Waals surface area contributed by atoms with E-state index < -0.39 is 0 Å². The van der Waals surface area contributed by atoms with Gasteiger partial charge in [0.2, 0.25) is 0 Å². The summed E-state index contributed by atoms with van der Waals surface area (Å²) >= 11 is 0. The minimum absolute atomic E-state index is 0.00362. The van der Waals surface area contributed by atoms with Gasteiger partial charge in [-0.2, -0.15) is 0 Å². The normalized spacial score (nSPS) is 14.5. The molecule has 1 aliphatic rings. The van der Waals surface area contributed by atoms with Crippen LogP contribution in [-0.2, 0) is 12.8 Å². The number of urea groups is 1. The summed E-state index contributed by atoms with van der Waals surface area (Å²) in [5.41, 5.74) is 4.11. The monoisotopic (exact) mass is 376 g/mol. The largest absolute Gasteiger partial charge is 0.342 e. The number of nitrogens with one attached hydrogen (secondary N) is 2. The number of nitrogens with zero attached hydrogens (tertiary/aromatic N) is 2. The third kappa shape index (κ3) is 4.03. The molecule has 1 fully saturated rings. The van der Waals surface area contributed by atoms with E-state index in [9.17, 15) is 4.79 Å². The topological polar surface area (TPSA) is 61.0 Å².